The highest BCUT2D eigenvalue weighted by Crippen LogP contribution is 2.34. The molecular weight excluding hydrogens is 601 g/mol. The minimum atomic E-state index is -4.91. The lowest BCUT2D eigenvalue weighted by atomic mass is 10.1. The number of ether oxygens (including phenoxy) is 2. The Morgan fingerprint density at radius 2 is 1.86 bits per heavy atom. The van der Waals surface area contributed by atoms with E-state index < -0.39 is 29.5 Å². The molecule has 5 rings (SSSR count). The number of esters is 1. The maximum atomic E-state index is 13.7. The molecule has 3 heterocycles. The summed E-state index contributed by atoms with van der Waals surface area (Å²) in [4.78, 5) is 40.0. The number of benzene rings is 2. The molecular formula is C27H18ClF3N4O6S. The summed E-state index contributed by atoms with van der Waals surface area (Å²) in [6, 6.07) is 11.0. The molecule has 0 unspecified atom stereocenters. The SMILES string of the molecule is CCOC(=O)c1nn(-c2ccc(OC(F)(F)F)cc2)c(=O)c2c(NC(=O)c3c(-c4ccccc4Cl)noc3C)scc12. The van der Waals surface area contributed by atoms with E-state index in [1.165, 1.54) is 12.3 Å². The number of amides is 1. The molecule has 216 valence electrons. The van der Waals surface area contributed by atoms with Crippen LogP contribution in [0.5, 0.6) is 5.75 Å². The third kappa shape index (κ3) is 5.58. The van der Waals surface area contributed by atoms with Crippen molar-refractivity contribution in [2.45, 2.75) is 20.2 Å². The van der Waals surface area contributed by atoms with Gasteiger partial charge in [0.2, 0.25) is 0 Å². The van der Waals surface area contributed by atoms with Crippen LogP contribution in [-0.2, 0) is 4.74 Å². The fourth-order valence-corrected chi connectivity index (χ4v) is 5.26. The van der Waals surface area contributed by atoms with Gasteiger partial charge in [0.05, 0.1) is 22.7 Å². The summed E-state index contributed by atoms with van der Waals surface area (Å²) in [5.74, 6) is -1.84. The predicted octanol–water partition coefficient (Wildman–Crippen LogP) is 6.39. The number of aromatic nitrogens is 3. The monoisotopic (exact) mass is 618 g/mol. The first-order chi connectivity index (χ1) is 20.0. The molecule has 3 aromatic heterocycles. The Balaban J connectivity index is 1.60. The van der Waals surface area contributed by atoms with Crippen molar-refractivity contribution >= 4 is 50.6 Å². The number of nitrogens with one attached hydrogen (secondary N) is 1. The average Bonchev–Trinajstić information content (AvgIpc) is 3.53. The van der Waals surface area contributed by atoms with E-state index in [0.717, 1.165) is 40.3 Å². The molecule has 0 saturated heterocycles. The zero-order valence-corrected chi connectivity index (χ0v) is 23.2. The van der Waals surface area contributed by atoms with Crippen LogP contribution in [0.4, 0.5) is 18.2 Å². The van der Waals surface area contributed by atoms with Crippen molar-refractivity contribution in [1.82, 2.24) is 14.9 Å². The molecule has 0 fully saturated rings. The van der Waals surface area contributed by atoms with Crippen molar-refractivity contribution in [3.63, 3.8) is 0 Å². The molecule has 42 heavy (non-hydrogen) atoms. The van der Waals surface area contributed by atoms with E-state index >= 15 is 0 Å². The Bertz CT molecular complexity index is 1880. The van der Waals surface area contributed by atoms with Crippen molar-refractivity contribution in [1.29, 1.82) is 0 Å². The highest BCUT2D eigenvalue weighted by atomic mass is 35.5. The molecule has 0 aliphatic heterocycles. The van der Waals surface area contributed by atoms with E-state index in [4.69, 9.17) is 20.9 Å². The number of hydrogen-bond donors (Lipinski definition) is 1. The summed E-state index contributed by atoms with van der Waals surface area (Å²) in [6.07, 6.45) is -4.91. The second kappa shape index (κ2) is 11.3. The fourth-order valence-electron chi connectivity index (χ4n) is 4.10. The fraction of sp³-hybridized carbons (Fsp3) is 0.148. The molecule has 1 amide bonds. The Labute approximate surface area is 243 Å². The number of fused-ring (bicyclic) bond motifs is 1. The highest BCUT2D eigenvalue weighted by Gasteiger charge is 2.31. The minimum Gasteiger partial charge on any atom is -0.461 e. The molecule has 0 spiro atoms. The largest absolute Gasteiger partial charge is 0.573 e. The summed E-state index contributed by atoms with van der Waals surface area (Å²) in [5.41, 5.74) is -0.259. The van der Waals surface area contributed by atoms with Crippen LogP contribution in [0.1, 0.15) is 33.5 Å². The first-order valence-corrected chi connectivity index (χ1v) is 13.3. The molecule has 0 atom stereocenters. The lowest BCUT2D eigenvalue weighted by Gasteiger charge is -2.12. The number of aryl methyl sites for hydroxylation is 1. The van der Waals surface area contributed by atoms with Crippen LogP contribution < -0.4 is 15.6 Å². The van der Waals surface area contributed by atoms with Crippen LogP contribution in [-0.4, -0.2) is 39.8 Å². The Morgan fingerprint density at radius 3 is 2.52 bits per heavy atom. The maximum Gasteiger partial charge on any atom is 0.573 e. The van der Waals surface area contributed by atoms with Gasteiger partial charge >= 0.3 is 12.3 Å². The lowest BCUT2D eigenvalue weighted by molar-refractivity contribution is -0.274. The molecule has 10 nitrogen and oxygen atoms in total. The van der Waals surface area contributed by atoms with Crippen molar-refractivity contribution in [2.24, 2.45) is 0 Å². The zero-order valence-electron chi connectivity index (χ0n) is 21.6. The molecule has 5 aromatic rings. The number of halogens is 4. The molecule has 1 N–H and O–H groups in total. The van der Waals surface area contributed by atoms with E-state index in [1.54, 1.807) is 31.2 Å². The summed E-state index contributed by atoms with van der Waals surface area (Å²) in [6.45, 7) is 3.13. The number of nitrogens with zero attached hydrogens (tertiary/aromatic N) is 3. The quantitative estimate of drug-likeness (QED) is 0.208. The van der Waals surface area contributed by atoms with Crippen molar-refractivity contribution in [3.8, 4) is 22.7 Å². The Kier molecular flexibility index (Phi) is 7.75. The summed E-state index contributed by atoms with van der Waals surface area (Å²) in [7, 11) is 0. The van der Waals surface area contributed by atoms with Gasteiger partial charge in [-0.1, -0.05) is 35.0 Å². The molecule has 0 aliphatic rings. The van der Waals surface area contributed by atoms with Gasteiger partial charge in [0, 0.05) is 16.3 Å². The molecule has 0 bridgehead atoms. The molecule has 0 aliphatic carbocycles. The number of carbonyl (C=O) groups is 2. The van der Waals surface area contributed by atoms with Crippen LogP contribution >= 0.6 is 22.9 Å². The molecule has 0 radical (unpaired) electrons. The maximum absolute atomic E-state index is 13.7. The van der Waals surface area contributed by atoms with E-state index in [1.807, 2.05) is 0 Å². The smallest absolute Gasteiger partial charge is 0.461 e. The van der Waals surface area contributed by atoms with Crippen LogP contribution in [0.3, 0.4) is 0 Å². The van der Waals surface area contributed by atoms with Gasteiger partial charge < -0.3 is 19.3 Å². The van der Waals surface area contributed by atoms with Crippen molar-refractivity contribution < 1.29 is 36.8 Å². The number of hydrogen-bond acceptors (Lipinski definition) is 9. The molecule has 0 saturated carbocycles. The van der Waals surface area contributed by atoms with E-state index in [9.17, 15) is 27.6 Å². The third-order valence-corrected chi connectivity index (χ3v) is 7.11. The predicted molar refractivity (Wildman–Crippen MR) is 147 cm³/mol. The van der Waals surface area contributed by atoms with Crippen LogP contribution in [0.25, 0.3) is 27.7 Å². The van der Waals surface area contributed by atoms with E-state index in [2.05, 4.69) is 20.3 Å². The van der Waals surface area contributed by atoms with Gasteiger partial charge in [-0.15, -0.1) is 24.5 Å². The number of rotatable bonds is 7. The molecule has 15 heteroatoms. The van der Waals surface area contributed by atoms with E-state index in [0.29, 0.717) is 10.6 Å². The van der Waals surface area contributed by atoms with Gasteiger partial charge in [0.25, 0.3) is 11.5 Å². The number of anilines is 1. The second-order valence-corrected chi connectivity index (χ2v) is 9.86. The zero-order chi connectivity index (χ0) is 30.2. The minimum absolute atomic E-state index is 0.00985. The topological polar surface area (TPSA) is 126 Å². The number of alkyl halides is 3. The average molecular weight is 619 g/mol. The van der Waals surface area contributed by atoms with Gasteiger partial charge in [-0.3, -0.25) is 9.59 Å². The van der Waals surface area contributed by atoms with Crippen molar-refractivity contribution in [2.75, 3.05) is 11.9 Å². The van der Waals surface area contributed by atoms with Gasteiger partial charge in [-0.05, 0) is 44.2 Å². The first-order valence-electron chi connectivity index (χ1n) is 12.1. The highest BCUT2D eigenvalue weighted by molar-refractivity contribution is 7.16. The number of thiophene rings is 1. The van der Waals surface area contributed by atoms with E-state index in [-0.39, 0.29) is 50.8 Å². The molecule has 2 aromatic carbocycles. The summed E-state index contributed by atoms with van der Waals surface area (Å²) < 4.78 is 52.9. The summed E-state index contributed by atoms with van der Waals surface area (Å²) >= 11 is 7.27. The lowest BCUT2D eigenvalue weighted by Crippen LogP contribution is -2.25. The first kappa shape index (κ1) is 28.8. The van der Waals surface area contributed by atoms with Gasteiger partial charge in [0.15, 0.2) is 5.69 Å². The Morgan fingerprint density at radius 1 is 1.14 bits per heavy atom. The Hall–Kier alpha value is -4.69. The van der Waals surface area contributed by atoms with Crippen LogP contribution in [0, 0.1) is 6.92 Å². The van der Waals surface area contributed by atoms with Gasteiger partial charge in [-0.25, -0.2) is 4.79 Å². The van der Waals surface area contributed by atoms with Gasteiger partial charge in [-0.2, -0.15) is 9.78 Å². The standard InChI is InChI=1S/C27H18ClF3N4O6S/c1-3-39-26(38)22-17-12-42-24(32-23(36)19-13(2)41-34-21(19)16-6-4-5-7-18(16)28)20(17)25(37)35(33-22)14-8-10-15(11-9-14)40-27(29,30)31/h4-12H,3H2,1-2H3,(H,32,36). The van der Waals surface area contributed by atoms with Crippen molar-refractivity contribution in [3.05, 3.63) is 86.3 Å². The summed E-state index contributed by atoms with van der Waals surface area (Å²) in [5, 5.41) is 12.7. The van der Waals surface area contributed by atoms with Crippen LogP contribution in [0.15, 0.2) is 63.2 Å². The normalized spacial score (nSPS) is 11.5. The van der Waals surface area contributed by atoms with Gasteiger partial charge in [0.1, 0.15) is 27.8 Å². The van der Waals surface area contributed by atoms with Crippen LogP contribution in [0.2, 0.25) is 5.02 Å². The second-order valence-electron chi connectivity index (χ2n) is 8.58. The number of carbonyl (C=O) groups excluding carboxylic acids is 2. The third-order valence-electron chi connectivity index (χ3n) is 5.88.